The molecule has 0 aliphatic rings. The van der Waals surface area contributed by atoms with Gasteiger partial charge in [-0.15, -0.1) is 6.58 Å². The van der Waals surface area contributed by atoms with Crippen molar-refractivity contribution in [1.82, 2.24) is 0 Å². The minimum Gasteiger partial charge on any atom is -0.412 e. The molecule has 0 aliphatic heterocycles. The van der Waals surface area contributed by atoms with Crippen LogP contribution in [0, 0.1) is 0 Å². The summed E-state index contributed by atoms with van der Waals surface area (Å²) in [5.41, 5.74) is 3.08. The molecule has 1 nitrogen and oxygen atoms in total. The first-order valence-electron chi connectivity index (χ1n) is 4.58. The zero-order chi connectivity index (χ0) is 10.6. The minimum absolute atomic E-state index is 1.14. The Bertz CT molecular complexity index is 346. The van der Waals surface area contributed by atoms with E-state index in [-0.39, 0.29) is 0 Å². The maximum absolute atomic E-state index is 5.59. The van der Waals surface area contributed by atoms with Crippen LogP contribution in [-0.2, 0) is 4.43 Å². The van der Waals surface area contributed by atoms with Crippen LogP contribution in [0.25, 0.3) is 6.08 Å². The van der Waals surface area contributed by atoms with E-state index in [1.807, 2.05) is 23.9 Å². The highest BCUT2D eigenvalue weighted by molar-refractivity contribution is 6.90. The van der Waals surface area contributed by atoms with Gasteiger partial charge in [-0.2, -0.15) is 0 Å². The maximum atomic E-state index is 5.59. The smallest absolute Gasteiger partial charge is 0.245 e. The second-order valence-electron chi connectivity index (χ2n) is 3.31. The standard InChI is InChI=1S/C12H16OSi/c1-5-11-9-7-8-10-12(11)14(4,6-2)13-3/h5-10H,1-2H2,3-4H3. The molecule has 0 heterocycles. The van der Waals surface area contributed by atoms with Gasteiger partial charge in [-0.3, -0.25) is 0 Å². The third-order valence-electron chi connectivity index (χ3n) is 2.53. The third kappa shape index (κ3) is 1.86. The van der Waals surface area contributed by atoms with Crippen LogP contribution < -0.4 is 5.19 Å². The van der Waals surface area contributed by atoms with E-state index in [0.29, 0.717) is 0 Å². The lowest BCUT2D eigenvalue weighted by Crippen LogP contribution is -2.46. The number of hydrogen-bond donors (Lipinski definition) is 0. The van der Waals surface area contributed by atoms with Gasteiger partial charge >= 0.3 is 0 Å². The molecule has 1 unspecified atom stereocenters. The summed E-state index contributed by atoms with van der Waals surface area (Å²) in [5.74, 6) is 0. The summed E-state index contributed by atoms with van der Waals surface area (Å²) in [6.45, 7) is 9.79. The molecule has 0 aliphatic carbocycles. The maximum Gasteiger partial charge on any atom is 0.245 e. The van der Waals surface area contributed by atoms with Gasteiger partial charge in [0.1, 0.15) is 0 Å². The molecule has 0 saturated carbocycles. The van der Waals surface area contributed by atoms with Crippen LogP contribution in [0.4, 0.5) is 0 Å². The molecule has 0 bridgehead atoms. The first-order chi connectivity index (χ1) is 6.68. The first-order valence-corrected chi connectivity index (χ1v) is 7.07. The van der Waals surface area contributed by atoms with Crippen LogP contribution in [-0.4, -0.2) is 15.4 Å². The Morgan fingerprint density at radius 1 is 1.29 bits per heavy atom. The average molecular weight is 204 g/mol. The average Bonchev–Trinajstić information content (AvgIpc) is 2.28. The predicted octanol–water partition coefficient (Wildman–Crippen LogP) is 2.48. The van der Waals surface area contributed by atoms with Crippen molar-refractivity contribution in [2.45, 2.75) is 6.55 Å². The molecular formula is C12H16OSi. The van der Waals surface area contributed by atoms with E-state index in [1.165, 1.54) is 5.19 Å². The summed E-state index contributed by atoms with van der Waals surface area (Å²) in [5, 5.41) is 1.23. The van der Waals surface area contributed by atoms with Gasteiger partial charge in [-0.05, 0) is 17.3 Å². The Kier molecular flexibility index (Phi) is 3.44. The molecule has 2 heteroatoms. The van der Waals surface area contributed by atoms with Crippen molar-refractivity contribution in [2.75, 3.05) is 7.11 Å². The lowest BCUT2D eigenvalue weighted by molar-refractivity contribution is 0.420. The second kappa shape index (κ2) is 4.40. The summed E-state index contributed by atoms with van der Waals surface area (Å²) in [4.78, 5) is 0. The first kappa shape index (κ1) is 11.0. The molecule has 14 heavy (non-hydrogen) atoms. The lowest BCUT2D eigenvalue weighted by atomic mass is 10.2. The van der Waals surface area contributed by atoms with Crippen molar-refractivity contribution in [3.05, 3.63) is 48.7 Å². The zero-order valence-electron chi connectivity index (χ0n) is 8.79. The third-order valence-corrected chi connectivity index (χ3v) is 5.68. The van der Waals surface area contributed by atoms with Crippen molar-refractivity contribution in [3.8, 4) is 0 Å². The summed E-state index contributed by atoms with van der Waals surface area (Å²) in [7, 11) is -0.203. The van der Waals surface area contributed by atoms with Gasteiger partial charge in [0, 0.05) is 7.11 Å². The van der Waals surface area contributed by atoms with Gasteiger partial charge in [0.25, 0.3) is 0 Å². The molecule has 1 aromatic carbocycles. The Morgan fingerprint density at radius 2 is 1.93 bits per heavy atom. The quantitative estimate of drug-likeness (QED) is 0.685. The van der Waals surface area contributed by atoms with Crippen molar-refractivity contribution < 1.29 is 4.43 Å². The summed E-state index contributed by atoms with van der Waals surface area (Å²) < 4.78 is 5.59. The van der Waals surface area contributed by atoms with Crippen molar-refractivity contribution in [1.29, 1.82) is 0 Å². The summed E-state index contributed by atoms with van der Waals surface area (Å²) in [6, 6.07) is 8.18. The summed E-state index contributed by atoms with van der Waals surface area (Å²) in [6.07, 6.45) is 1.86. The minimum atomic E-state index is -1.95. The number of benzene rings is 1. The Hall–Kier alpha value is -1.12. The van der Waals surface area contributed by atoms with Gasteiger partial charge in [-0.1, -0.05) is 42.6 Å². The molecule has 0 amide bonds. The van der Waals surface area contributed by atoms with Crippen LogP contribution in [0.15, 0.2) is 43.1 Å². The van der Waals surface area contributed by atoms with Crippen LogP contribution in [0.2, 0.25) is 6.55 Å². The van der Waals surface area contributed by atoms with Gasteiger partial charge in [0.2, 0.25) is 8.32 Å². The lowest BCUT2D eigenvalue weighted by Gasteiger charge is -2.23. The highest BCUT2D eigenvalue weighted by Crippen LogP contribution is 2.10. The number of rotatable bonds is 4. The fraction of sp³-hybridized carbons (Fsp3) is 0.167. The van der Waals surface area contributed by atoms with E-state index in [1.54, 1.807) is 7.11 Å². The second-order valence-corrected chi connectivity index (χ2v) is 6.88. The van der Waals surface area contributed by atoms with Gasteiger partial charge in [-0.25, -0.2) is 0 Å². The molecule has 1 rings (SSSR count). The van der Waals surface area contributed by atoms with E-state index < -0.39 is 8.32 Å². The fourth-order valence-electron chi connectivity index (χ4n) is 1.43. The van der Waals surface area contributed by atoms with Crippen LogP contribution in [0.1, 0.15) is 5.56 Å². The molecular weight excluding hydrogens is 188 g/mol. The van der Waals surface area contributed by atoms with Crippen LogP contribution in [0.3, 0.4) is 0 Å². The van der Waals surface area contributed by atoms with Crippen LogP contribution in [0.5, 0.6) is 0 Å². The Morgan fingerprint density at radius 3 is 2.43 bits per heavy atom. The Labute approximate surface area is 86.9 Å². The van der Waals surface area contributed by atoms with Crippen molar-refractivity contribution >= 4 is 19.6 Å². The Balaban J connectivity index is 3.29. The van der Waals surface area contributed by atoms with Crippen molar-refractivity contribution in [3.63, 3.8) is 0 Å². The molecule has 1 aromatic rings. The van der Waals surface area contributed by atoms with E-state index in [0.717, 1.165) is 5.56 Å². The molecule has 74 valence electrons. The highest BCUT2D eigenvalue weighted by atomic mass is 28.4. The predicted molar refractivity (Wildman–Crippen MR) is 65.0 cm³/mol. The molecule has 0 fully saturated rings. The largest absolute Gasteiger partial charge is 0.412 e. The van der Waals surface area contributed by atoms with Crippen molar-refractivity contribution in [2.24, 2.45) is 0 Å². The topological polar surface area (TPSA) is 9.23 Å². The molecule has 0 saturated heterocycles. The summed E-state index contributed by atoms with van der Waals surface area (Å²) >= 11 is 0. The molecule has 0 radical (unpaired) electrons. The normalized spacial score (nSPS) is 14.4. The molecule has 0 aromatic heterocycles. The van der Waals surface area contributed by atoms with E-state index in [9.17, 15) is 0 Å². The monoisotopic (exact) mass is 204 g/mol. The van der Waals surface area contributed by atoms with Gasteiger partial charge < -0.3 is 4.43 Å². The highest BCUT2D eigenvalue weighted by Gasteiger charge is 2.27. The van der Waals surface area contributed by atoms with Gasteiger partial charge in [0.05, 0.1) is 0 Å². The molecule has 0 N–H and O–H groups in total. The van der Waals surface area contributed by atoms with E-state index >= 15 is 0 Å². The molecule has 1 atom stereocenters. The zero-order valence-corrected chi connectivity index (χ0v) is 9.79. The number of hydrogen-bond acceptors (Lipinski definition) is 1. The van der Waals surface area contributed by atoms with Crippen LogP contribution >= 0.6 is 0 Å². The van der Waals surface area contributed by atoms with Gasteiger partial charge in [0.15, 0.2) is 0 Å². The van der Waals surface area contributed by atoms with E-state index in [2.05, 4.69) is 31.8 Å². The SMILES string of the molecule is C=Cc1ccccc1[Si](C)(C=C)OC. The molecule has 0 spiro atoms. The fourth-order valence-corrected chi connectivity index (χ4v) is 3.22. The van der Waals surface area contributed by atoms with E-state index in [4.69, 9.17) is 4.43 Å².